The molecule has 0 aromatic carbocycles. The lowest BCUT2D eigenvalue weighted by Crippen LogP contribution is -2.54. The van der Waals surface area contributed by atoms with Crippen molar-refractivity contribution < 1.29 is 4.79 Å². The van der Waals surface area contributed by atoms with E-state index in [0.717, 1.165) is 12.8 Å². The van der Waals surface area contributed by atoms with Gasteiger partial charge in [0.2, 0.25) is 0 Å². The summed E-state index contributed by atoms with van der Waals surface area (Å²) in [5.74, 6) is 0.0927. The number of amides is 1. The molecular formula is C13H19N3O2. The molecule has 0 spiro atoms. The van der Waals surface area contributed by atoms with Gasteiger partial charge in [0.1, 0.15) is 5.56 Å². The Hall–Kier alpha value is -1.62. The average molecular weight is 249 g/mol. The van der Waals surface area contributed by atoms with Crippen LogP contribution in [-0.2, 0) is 7.05 Å². The number of nitrogens with zero attached hydrogens (tertiary/aromatic N) is 1. The minimum atomic E-state index is -0.405. The van der Waals surface area contributed by atoms with Crippen LogP contribution in [0.5, 0.6) is 0 Å². The summed E-state index contributed by atoms with van der Waals surface area (Å²) in [4.78, 5) is 24.0. The molecule has 0 saturated heterocycles. The van der Waals surface area contributed by atoms with Crippen molar-refractivity contribution in [3.63, 3.8) is 0 Å². The van der Waals surface area contributed by atoms with Crippen molar-refractivity contribution in [1.29, 1.82) is 0 Å². The predicted octanol–water partition coefficient (Wildman–Crippen LogP) is 0.242. The van der Waals surface area contributed by atoms with Crippen molar-refractivity contribution >= 4 is 5.91 Å². The molecule has 5 heteroatoms. The number of nitrogens with two attached hydrogens (primary N) is 1. The van der Waals surface area contributed by atoms with Crippen molar-refractivity contribution in [3.8, 4) is 0 Å². The van der Waals surface area contributed by atoms with Crippen molar-refractivity contribution in [2.24, 2.45) is 18.7 Å². The number of rotatable bonds is 4. The predicted molar refractivity (Wildman–Crippen MR) is 69.3 cm³/mol. The van der Waals surface area contributed by atoms with E-state index in [-0.39, 0.29) is 17.0 Å². The van der Waals surface area contributed by atoms with Gasteiger partial charge < -0.3 is 15.6 Å². The highest BCUT2D eigenvalue weighted by atomic mass is 16.2. The maximum atomic E-state index is 12.1. The molecule has 98 valence electrons. The van der Waals surface area contributed by atoms with E-state index >= 15 is 0 Å². The van der Waals surface area contributed by atoms with Crippen LogP contribution in [0.1, 0.15) is 30.1 Å². The number of pyridine rings is 1. The largest absolute Gasteiger partial charge is 0.345 e. The summed E-state index contributed by atoms with van der Waals surface area (Å²) in [6.07, 6.45) is 3.80. The lowest BCUT2D eigenvalue weighted by Gasteiger charge is -2.29. The van der Waals surface area contributed by atoms with E-state index in [2.05, 4.69) is 5.32 Å². The summed E-state index contributed by atoms with van der Waals surface area (Å²) in [6, 6.07) is 3.23. The van der Waals surface area contributed by atoms with E-state index < -0.39 is 5.54 Å². The van der Waals surface area contributed by atoms with E-state index in [4.69, 9.17) is 5.73 Å². The van der Waals surface area contributed by atoms with Crippen molar-refractivity contribution in [1.82, 2.24) is 9.88 Å². The van der Waals surface area contributed by atoms with Crippen LogP contribution in [0, 0.1) is 5.92 Å². The van der Waals surface area contributed by atoms with Gasteiger partial charge in [-0.3, -0.25) is 9.59 Å². The van der Waals surface area contributed by atoms with Crippen LogP contribution in [0.15, 0.2) is 23.1 Å². The van der Waals surface area contributed by atoms with Crippen molar-refractivity contribution in [3.05, 3.63) is 34.2 Å². The topological polar surface area (TPSA) is 77.1 Å². The number of hydrogen-bond acceptors (Lipinski definition) is 3. The first-order valence-corrected chi connectivity index (χ1v) is 6.16. The summed E-state index contributed by atoms with van der Waals surface area (Å²) in [5, 5.41) is 2.91. The zero-order valence-corrected chi connectivity index (χ0v) is 10.8. The van der Waals surface area contributed by atoms with Gasteiger partial charge in [-0.25, -0.2) is 0 Å². The number of hydrogen-bond donors (Lipinski definition) is 2. The molecule has 5 nitrogen and oxygen atoms in total. The standard InChI is InChI=1S/C13H19N3O2/c1-13(8-14,9-5-6-9)15-11(17)10-4-3-7-16(2)12(10)18/h3-4,7,9H,5-6,8,14H2,1-2H3,(H,15,17). The molecular weight excluding hydrogens is 230 g/mol. The lowest BCUT2D eigenvalue weighted by molar-refractivity contribution is 0.0895. The molecule has 1 amide bonds. The minimum absolute atomic E-state index is 0.167. The highest BCUT2D eigenvalue weighted by Crippen LogP contribution is 2.39. The number of carbonyl (C=O) groups is 1. The second-order valence-corrected chi connectivity index (χ2v) is 5.19. The fraction of sp³-hybridized carbons (Fsp3) is 0.538. The molecule has 0 radical (unpaired) electrons. The summed E-state index contributed by atoms with van der Waals surface area (Å²) < 4.78 is 1.39. The molecule has 1 aromatic heterocycles. The van der Waals surface area contributed by atoms with Gasteiger partial charge in [-0.15, -0.1) is 0 Å². The molecule has 0 bridgehead atoms. The van der Waals surface area contributed by atoms with Gasteiger partial charge in [0.25, 0.3) is 11.5 Å². The molecule has 1 aliphatic carbocycles. The Kier molecular flexibility index (Phi) is 3.26. The van der Waals surface area contributed by atoms with E-state index in [1.54, 1.807) is 25.4 Å². The number of carbonyl (C=O) groups excluding carboxylic acids is 1. The van der Waals surface area contributed by atoms with E-state index in [1.807, 2.05) is 6.92 Å². The fourth-order valence-corrected chi connectivity index (χ4v) is 2.14. The molecule has 1 heterocycles. The monoisotopic (exact) mass is 249 g/mol. The Morgan fingerprint density at radius 2 is 2.28 bits per heavy atom. The van der Waals surface area contributed by atoms with Crippen LogP contribution in [0.3, 0.4) is 0 Å². The van der Waals surface area contributed by atoms with Gasteiger partial charge in [0, 0.05) is 19.8 Å². The lowest BCUT2D eigenvalue weighted by atomic mass is 9.95. The Bertz CT molecular complexity index is 519. The van der Waals surface area contributed by atoms with Crippen molar-refractivity contribution in [2.45, 2.75) is 25.3 Å². The van der Waals surface area contributed by atoms with Gasteiger partial charge in [0.15, 0.2) is 0 Å². The Balaban J connectivity index is 2.21. The molecule has 1 aromatic rings. The zero-order valence-electron chi connectivity index (χ0n) is 10.8. The van der Waals surface area contributed by atoms with E-state index in [1.165, 1.54) is 4.57 Å². The third-order valence-electron chi connectivity index (χ3n) is 3.67. The maximum absolute atomic E-state index is 12.1. The van der Waals surface area contributed by atoms with Gasteiger partial charge in [-0.1, -0.05) is 0 Å². The SMILES string of the molecule is Cn1cccc(C(=O)NC(C)(CN)C2CC2)c1=O. The van der Waals surface area contributed by atoms with Crippen LogP contribution in [-0.4, -0.2) is 22.6 Å². The molecule has 1 fully saturated rings. The molecule has 1 saturated carbocycles. The smallest absolute Gasteiger partial charge is 0.263 e. The van der Waals surface area contributed by atoms with Gasteiger partial charge in [0.05, 0.1) is 5.54 Å². The highest BCUT2D eigenvalue weighted by Gasteiger charge is 2.41. The van der Waals surface area contributed by atoms with Crippen molar-refractivity contribution in [2.75, 3.05) is 6.54 Å². The van der Waals surface area contributed by atoms with Gasteiger partial charge >= 0.3 is 0 Å². The second-order valence-electron chi connectivity index (χ2n) is 5.19. The molecule has 3 N–H and O–H groups in total. The van der Waals surface area contributed by atoms with Crippen LogP contribution in [0.4, 0.5) is 0 Å². The first-order chi connectivity index (χ1) is 8.48. The van der Waals surface area contributed by atoms with Crippen LogP contribution >= 0.6 is 0 Å². The Morgan fingerprint density at radius 1 is 1.61 bits per heavy atom. The molecule has 1 atom stereocenters. The molecule has 2 rings (SSSR count). The van der Waals surface area contributed by atoms with E-state index in [9.17, 15) is 9.59 Å². The third kappa shape index (κ3) is 2.31. The van der Waals surface area contributed by atoms with Crippen LogP contribution < -0.4 is 16.6 Å². The van der Waals surface area contributed by atoms with Crippen LogP contribution in [0.2, 0.25) is 0 Å². The quantitative estimate of drug-likeness (QED) is 0.802. The number of aryl methyl sites for hydroxylation is 1. The maximum Gasteiger partial charge on any atom is 0.263 e. The molecule has 18 heavy (non-hydrogen) atoms. The van der Waals surface area contributed by atoms with Crippen LogP contribution in [0.25, 0.3) is 0 Å². The molecule has 1 unspecified atom stereocenters. The summed E-state index contributed by atoms with van der Waals surface area (Å²) in [5.41, 5.74) is 5.22. The first kappa shape index (κ1) is 12.8. The van der Waals surface area contributed by atoms with Gasteiger partial charge in [-0.2, -0.15) is 0 Å². The normalized spacial score (nSPS) is 18.2. The first-order valence-electron chi connectivity index (χ1n) is 6.16. The number of nitrogens with one attached hydrogen (secondary N) is 1. The van der Waals surface area contributed by atoms with E-state index in [0.29, 0.717) is 12.5 Å². The fourth-order valence-electron chi connectivity index (χ4n) is 2.14. The minimum Gasteiger partial charge on any atom is -0.345 e. The molecule has 1 aliphatic rings. The van der Waals surface area contributed by atoms with Gasteiger partial charge in [-0.05, 0) is 37.8 Å². The Labute approximate surface area is 106 Å². The number of aromatic nitrogens is 1. The Morgan fingerprint density at radius 3 is 2.83 bits per heavy atom. The zero-order chi connectivity index (χ0) is 13.3. The summed E-state index contributed by atoms with van der Waals surface area (Å²) >= 11 is 0. The summed E-state index contributed by atoms with van der Waals surface area (Å²) in [7, 11) is 1.63. The second kappa shape index (κ2) is 4.57. The summed E-state index contributed by atoms with van der Waals surface area (Å²) in [6.45, 7) is 2.33. The molecule has 0 aliphatic heterocycles. The highest BCUT2D eigenvalue weighted by molar-refractivity contribution is 5.94. The third-order valence-corrected chi connectivity index (χ3v) is 3.67. The average Bonchev–Trinajstić information content (AvgIpc) is 3.16.